The zero-order valence-electron chi connectivity index (χ0n) is 10.9. The number of alkyl halides is 3. The van der Waals surface area contributed by atoms with E-state index in [-0.39, 0.29) is 11.5 Å². The van der Waals surface area contributed by atoms with Crippen molar-refractivity contribution in [3.63, 3.8) is 0 Å². The Hall–Kier alpha value is -1.42. The van der Waals surface area contributed by atoms with E-state index >= 15 is 0 Å². The molecular weight excluding hydrogens is 329 g/mol. The summed E-state index contributed by atoms with van der Waals surface area (Å²) in [6, 6.07) is 3.14. The number of hydrogen-bond acceptors (Lipinski definition) is 5. The Kier molecular flexibility index (Phi) is 5.51. The van der Waals surface area contributed by atoms with Crippen LogP contribution in [0.3, 0.4) is 0 Å². The fraction of sp³-hybridized carbons (Fsp3) is 0.364. The van der Waals surface area contributed by atoms with Crippen LogP contribution in [0.5, 0.6) is 0 Å². The molecule has 0 aliphatic heterocycles. The molecule has 0 atom stereocenters. The summed E-state index contributed by atoms with van der Waals surface area (Å²) in [7, 11) is -3.15. The molecule has 3 N–H and O–H groups in total. The summed E-state index contributed by atoms with van der Waals surface area (Å²) in [5.41, 5.74) is 3.78. The van der Waals surface area contributed by atoms with Crippen LogP contribution >= 0.6 is 11.8 Å². The van der Waals surface area contributed by atoms with E-state index in [4.69, 9.17) is 10.9 Å². The fourth-order valence-corrected chi connectivity index (χ4v) is 3.58. The molecule has 0 bridgehead atoms. The molecule has 0 amide bonds. The first-order chi connectivity index (χ1) is 9.54. The van der Waals surface area contributed by atoms with E-state index in [1.807, 2.05) is 0 Å². The van der Waals surface area contributed by atoms with Crippen molar-refractivity contribution in [2.75, 3.05) is 17.8 Å². The van der Waals surface area contributed by atoms with Gasteiger partial charge in [0, 0.05) is 22.5 Å². The molecule has 1 aromatic carbocycles. The van der Waals surface area contributed by atoms with Crippen LogP contribution in [0.1, 0.15) is 11.1 Å². The van der Waals surface area contributed by atoms with Gasteiger partial charge in [0.05, 0.1) is 11.3 Å². The van der Waals surface area contributed by atoms with Crippen LogP contribution in [0.15, 0.2) is 28.3 Å². The average Bonchev–Trinajstić information content (AvgIpc) is 2.35. The van der Waals surface area contributed by atoms with Crippen molar-refractivity contribution in [3.05, 3.63) is 29.3 Å². The maximum atomic E-state index is 12.8. The number of oxime groups is 1. The third-order valence-electron chi connectivity index (χ3n) is 2.40. The van der Waals surface area contributed by atoms with Gasteiger partial charge in [0.25, 0.3) is 0 Å². The van der Waals surface area contributed by atoms with Gasteiger partial charge in [-0.05, 0) is 18.2 Å². The molecule has 21 heavy (non-hydrogen) atoms. The highest BCUT2D eigenvalue weighted by Crippen LogP contribution is 2.34. The van der Waals surface area contributed by atoms with Crippen molar-refractivity contribution in [1.82, 2.24) is 0 Å². The van der Waals surface area contributed by atoms with Crippen LogP contribution in [-0.4, -0.2) is 37.2 Å². The molecule has 0 unspecified atom stereocenters. The van der Waals surface area contributed by atoms with E-state index in [2.05, 4.69) is 5.16 Å². The first-order valence-electron chi connectivity index (χ1n) is 5.54. The largest absolute Gasteiger partial charge is 0.417 e. The summed E-state index contributed by atoms with van der Waals surface area (Å²) >= 11 is 1.07. The number of thioether (sulfide) groups is 1. The Bertz CT molecular complexity index is 643. The molecule has 0 fully saturated rings. The molecule has 0 radical (unpaired) electrons. The van der Waals surface area contributed by atoms with Gasteiger partial charge in [-0.2, -0.15) is 13.2 Å². The van der Waals surface area contributed by atoms with Gasteiger partial charge >= 0.3 is 6.18 Å². The number of rotatable bonds is 5. The molecule has 0 aliphatic rings. The van der Waals surface area contributed by atoms with Crippen molar-refractivity contribution >= 4 is 27.4 Å². The SMILES string of the molecule is CS(=O)(=O)CCSc1ccc(C(F)(F)F)c(/C(N)=N/O)c1. The summed E-state index contributed by atoms with van der Waals surface area (Å²) in [6.07, 6.45) is -3.57. The molecule has 0 saturated heterocycles. The quantitative estimate of drug-likeness (QED) is 0.280. The second-order valence-electron chi connectivity index (χ2n) is 4.17. The van der Waals surface area contributed by atoms with Gasteiger partial charge in [-0.1, -0.05) is 5.16 Å². The first-order valence-corrected chi connectivity index (χ1v) is 8.59. The van der Waals surface area contributed by atoms with Gasteiger partial charge in [0.2, 0.25) is 0 Å². The van der Waals surface area contributed by atoms with Crippen molar-refractivity contribution in [2.45, 2.75) is 11.1 Å². The van der Waals surface area contributed by atoms with E-state index < -0.39 is 33.0 Å². The van der Waals surface area contributed by atoms with Gasteiger partial charge in [-0.25, -0.2) is 8.42 Å². The summed E-state index contributed by atoms with van der Waals surface area (Å²) in [6.45, 7) is 0. The van der Waals surface area contributed by atoms with Crippen LogP contribution < -0.4 is 5.73 Å². The summed E-state index contributed by atoms with van der Waals surface area (Å²) in [5, 5.41) is 11.1. The lowest BCUT2D eigenvalue weighted by molar-refractivity contribution is -0.137. The number of sulfone groups is 1. The lowest BCUT2D eigenvalue weighted by Gasteiger charge is -2.13. The molecular formula is C11H13F3N2O3S2. The van der Waals surface area contributed by atoms with E-state index in [9.17, 15) is 21.6 Å². The van der Waals surface area contributed by atoms with Crippen molar-refractivity contribution < 1.29 is 26.8 Å². The predicted molar refractivity (Wildman–Crippen MR) is 74.4 cm³/mol. The van der Waals surface area contributed by atoms with E-state index in [0.29, 0.717) is 4.90 Å². The lowest BCUT2D eigenvalue weighted by atomic mass is 10.1. The van der Waals surface area contributed by atoms with Crippen molar-refractivity contribution in [1.29, 1.82) is 0 Å². The van der Waals surface area contributed by atoms with Gasteiger partial charge in [-0.15, -0.1) is 11.8 Å². The second kappa shape index (κ2) is 6.56. The van der Waals surface area contributed by atoms with Gasteiger partial charge in [0.15, 0.2) is 5.84 Å². The zero-order valence-corrected chi connectivity index (χ0v) is 12.5. The molecule has 1 aromatic rings. The van der Waals surface area contributed by atoms with Crippen LogP contribution in [0.25, 0.3) is 0 Å². The lowest BCUT2D eigenvalue weighted by Crippen LogP contribution is -2.20. The van der Waals surface area contributed by atoms with E-state index in [1.165, 1.54) is 6.07 Å². The Morgan fingerprint density at radius 3 is 2.52 bits per heavy atom. The van der Waals surface area contributed by atoms with E-state index in [0.717, 1.165) is 30.2 Å². The maximum absolute atomic E-state index is 12.8. The normalized spacial score (nSPS) is 13.4. The van der Waals surface area contributed by atoms with Crippen LogP contribution in [-0.2, 0) is 16.0 Å². The summed E-state index contributed by atoms with van der Waals surface area (Å²) in [5.74, 6) is -0.565. The van der Waals surface area contributed by atoms with Crippen LogP contribution in [0, 0.1) is 0 Å². The number of benzene rings is 1. The third kappa shape index (κ3) is 5.46. The third-order valence-corrected chi connectivity index (χ3v) is 4.60. The summed E-state index contributed by atoms with van der Waals surface area (Å²) < 4.78 is 60.4. The topological polar surface area (TPSA) is 92.8 Å². The van der Waals surface area contributed by atoms with Crippen LogP contribution in [0.4, 0.5) is 13.2 Å². The van der Waals surface area contributed by atoms with Gasteiger partial charge in [0.1, 0.15) is 9.84 Å². The highest BCUT2D eigenvalue weighted by molar-refractivity contribution is 8.00. The second-order valence-corrected chi connectivity index (χ2v) is 7.60. The Labute approximate surface area is 123 Å². The first kappa shape index (κ1) is 17.6. The van der Waals surface area contributed by atoms with Gasteiger partial charge in [-0.3, -0.25) is 0 Å². The zero-order chi connectivity index (χ0) is 16.3. The maximum Gasteiger partial charge on any atom is 0.417 e. The van der Waals surface area contributed by atoms with Crippen molar-refractivity contribution in [2.24, 2.45) is 10.9 Å². The fourth-order valence-electron chi connectivity index (χ4n) is 1.44. The molecule has 5 nitrogen and oxygen atoms in total. The molecule has 118 valence electrons. The van der Waals surface area contributed by atoms with Crippen molar-refractivity contribution in [3.8, 4) is 0 Å². The molecule has 0 saturated carbocycles. The number of hydrogen-bond donors (Lipinski definition) is 2. The molecule has 0 heterocycles. The highest BCUT2D eigenvalue weighted by atomic mass is 32.2. The number of halogens is 3. The standard InChI is InChI=1S/C11H13F3N2O3S2/c1-21(18,19)5-4-20-7-2-3-9(11(12,13)14)8(6-7)10(15)16-17/h2-3,6,17H,4-5H2,1H3,(H2,15,16). The minimum Gasteiger partial charge on any atom is -0.409 e. The Balaban J connectivity index is 3.06. The molecule has 0 aromatic heterocycles. The molecule has 0 spiro atoms. The Morgan fingerprint density at radius 2 is 2.05 bits per heavy atom. The summed E-state index contributed by atoms with van der Waals surface area (Å²) in [4.78, 5) is 0.397. The number of nitrogens with two attached hydrogens (primary N) is 1. The smallest absolute Gasteiger partial charge is 0.409 e. The minimum absolute atomic E-state index is 0.0996. The minimum atomic E-state index is -4.64. The molecule has 0 aliphatic carbocycles. The number of amidine groups is 1. The monoisotopic (exact) mass is 342 g/mol. The number of nitrogens with zero attached hydrogens (tertiary/aromatic N) is 1. The van der Waals surface area contributed by atoms with Gasteiger partial charge < -0.3 is 10.9 Å². The molecule has 1 rings (SSSR count). The molecule has 10 heteroatoms. The van der Waals surface area contributed by atoms with Crippen LogP contribution in [0.2, 0.25) is 0 Å². The Morgan fingerprint density at radius 1 is 1.43 bits per heavy atom. The highest BCUT2D eigenvalue weighted by Gasteiger charge is 2.34. The average molecular weight is 342 g/mol. The predicted octanol–water partition coefficient (Wildman–Crippen LogP) is 1.94. The van der Waals surface area contributed by atoms with E-state index in [1.54, 1.807) is 0 Å².